The highest BCUT2D eigenvalue weighted by molar-refractivity contribution is 14.1. The number of halogens is 3. The van der Waals surface area contributed by atoms with Crippen LogP contribution in [0.2, 0.25) is 5.02 Å². The van der Waals surface area contributed by atoms with E-state index in [4.69, 9.17) is 11.6 Å². The van der Waals surface area contributed by atoms with Crippen LogP contribution >= 0.6 is 68.1 Å². The summed E-state index contributed by atoms with van der Waals surface area (Å²) in [4.78, 5) is 11.9. The third kappa shape index (κ3) is 3.55. The molecule has 1 aromatic carbocycles. The second-order valence-electron chi connectivity index (χ2n) is 3.22. The van der Waals surface area contributed by atoms with Gasteiger partial charge in [0.2, 0.25) is 0 Å². The molecule has 0 radical (unpaired) electrons. The molecule has 2 nitrogen and oxygen atoms in total. The van der Waals surface area contributed by atoms with Gasteiger partial charge in [0.25, 0.3) is 5.91 Å². The number of nitrogens with one attached hydrogen (secondary N) is 1. The number of amides is 1. The lowest BCUT2D eigenvalue weighted by atomic mass is 10.3. The van der Waals surface area contributed by atoms with Gasteiger partial charge in [0.1, 0.15) is 0 Å². The monoisotopic (exact) mass is 489 g/mol. The first-order valence-electron chi connectivity index (χ1n) is 4.56. The van der Waals surface area contributed by atoms with Crippen LogP contribution in [0.4, 0.5) is 5.69 Å². The van der Waals surface area contributed by atoms with Crippen molar-refractivity contribution in [3.05, 3.63) is 46.7 Å². The molecule has 0 aliphatic rings. The molecular weight excluding hydrogens is 483 g/mol. The molecule has 1 N–H and O–H groups in total. The number of rotatable bonds is 2. The van der Waals surface area contributed by atoms with Crippen molar-refractivity contribution in [1.29, 1.82) is 0 Å². The Kier molecular flexibility index (Phi) is 4.67. The Hall–Kier alpha value is 0.140. The van der Waals surface area contributed by atoms with Crippen LogP contribution in [0, 0.1) is 6.45 Å². The van der Waals surface area contributed by atoms with Crippen molar-refractivity contribution in [2.75, 3.05) is 5.32 Å². The third-order valence-corrected chi connectivity index (χ3v) is 4.78. The standard InChI is InChI=1S/C11H6ClI2NOS/c12-8-4-7(13)1-2-9(8)15-11(16)6-3-10(14)17-5-6/h1-5H,(H,15,16). The largest absolute Gasteiger partial charge is 0.321 e. The highest BCUT2D eigenvalue weighted by Crippen LogP contribution is 2.25. The predicted octanol–water partition coefficient (Wildman–Crippen LogP) is 4.86. The summed E-state index contributed by atoms with van der Waals surface area (Å²) in [6.07, 6.45) is 0. The van der Waals surface area contributed by atoms with E-state index in [0.717, 1.165) is 6.45 Å². The van der Waals surface area contributed by atoms with Crippen molar-refractivity contribution in [2.24, 2.45) is 0 Å². The van der Waals surface area contributed by atoms with Gasteiger partial charge in [0.05, 0.1) is 19.2 Å². The summed E-state index contributed by atoms with van der Waals surface area (Å²) in [6.45, 7) is 0. The molecule has 0 fully saturated rings. The predicted molar refractivity (Wildman–Crippen MR) is 89.2 cm³/mol. The molecule has 0 saturated carbocycles. The van der Waals surface area contributed by atoms with Crippen molar-refractivity contribution in [3.63, 3.8) is 0 Å². The first kappa shape index (κ1) is 13.6. The highest BCUT2D eigenvalue weighted by Gasteiger charge is 2.10. The van der Waals surface area contributed by atoms with E-state index < -0.39 is 0 Å². The van der Waals surface area contributed by atoms with Crippen LogP contribution in [-0.4, -0.2) is 5.91 Å². The molecule has 0 aliphatic heterocycles. The number of thiophene rings is 1. The van der Waals surface area contributed by atoms with Crippen molar-refractivity contribution in [2.45, 2.75) is 0 Å². The molecule has 0 unspecified atom stereocenters. The molecule has 6 heteroatoms. The maximum Gasteiger partial charge on any atom is 0.256 e. The van der Waals surface area contributed by atoms with Crippen molar-refractivity contribution in [3.8, 4) is 0 Å². The molecule has 88 valence electrons. The first-order valence-corrected chi connectivity index (χ1v) is 7.98. The van der Waals surface area contributed by atoms with Crippen LogP contribution in [0.25, 0.3) is 0 Å². The molecule has 0 aliphatic carbocycles. The van der Waals surface area contributed by atoms with Crippen molar-refractivity contribution >= 4 is 79.7 Å². The maximum absolute atomic E-state index is 11.9. The lowest BCUT2D eigenvalue weighted by molar-refractivity contribution is 0.102. The van der Waals surface area contributed by atoms with Crippen LogP contribution < -0.4 is 5.32 Å². The molecule has 0 atom stereocenters. The van der Waals surface area contributed by atoms with Gasteiger partial charge >= 0.3 is 0 Å². The molecule has 0 saturated heterocycles. The molecule has 1 aromatic heterocycles. The Morgan fingerprint density at radius 2 is 2.06 bits per heavy atom. The molecule has 2 rings (SSSR count). The summed E-state index contributed by atoms with van der Waals surface area (Å²) in [5, 5.41) is 5.18. The smallest absolute Gasteiger partial charge is 0.256 e. The first-order chi connectivity index (χ1) is 8.06. The minimum atomic E-state index is -0.132. The maximum atomic E-state index is 11.9. The number of hydrogen-bond acceptors (Lipinski definition) is 2. The zero-order valence-electron chi connectivity index (χ0n) is 8.34. The van der Waals surface area contributed by atoms with Crippen LogP contribution in [-0.2, 0) is 0 Å². The van der Waals surface area contributed by atoms with Gasteiger partial charge in [-0.3, -0.25) is 4.79 Å². The fraction of sp³-hybridized carbons (Fsp3) is 0. The van der Waals surface area contributed by atoms with E-state index in [2.05, 4.69) is 50.5 Å². The molecule has 0 bridgehead atoms. The van der Waals surface area contributed by atoms with E-state index >= 15 is 0 Å². The normalized spacial score (nSPS) is 10.3. The van der Waals surface area contributed by atoms with E-state index in [1.54, 1.807) is 17.4 Å². The fourth-order valence-electron chi connectivity index (χ4n) is 1.21. The van der Waals surface area contributed by atoms with E-state index in [1.807, 2.05) is 23.6 Å². The molecule has 2 aromatic rings. The average molecular weight is 490 g/mol. The van der Waals surface area contributed by atoms with Crippen LogP contribution in [0.1, 0.15) is 10.4 Å². The lowest BCUT2D eigenvalue weighted by Gasteiger charge is -2.06. The van der Waals surface area contributed by atoms with Gasteiger partial charge < -0.3 is 5.32 Å². The number of benzene rings is 1. The zero-order chi connectivity index (χ0) is 12.4. The van der Waals surface area contributed by atoms with Crippen molar-refractivity contribution in [1.82, 2.24) is 0 Å². The van der Waals surface area contributed by atoms with Gasteiger partial charge in [-0.15, -0.1) is 11.3 Å². The molecule has 17 heavy (non-hydrogen) atoms. The summed E-state index contributed by atoms with van der Waals surface area (Å²) in [7, 11) is 0. The molecule has 1 amide bonds. The number of carbonyl (C=O) groups excluding carboxylic acids is 1. The summed E-state index contributed by atoms with van der Waals surface area (Å²) in [6, 6.07) is 7.37. The Balaban J connectivity index is 2.18. The van der Waals surface area contributed by atoms with Gasteiger partial charge in [0, 0.05) is 8.95 Å². The second-order valence-corrected chi connectivity index (χ2v) is 7.68. The topological polar surface area (TPSA) is 29.1 Å². The average Bonchev–Trinajstić information content (AvgIpc) is 2.69. The second kappa shape index (κ2) is 5.85. The van der Waals surface area contributed by atoms with Gasteiger partial charge in [0.15, 0.2) is 0 Å². The van der Waals surface area contributed by atoms with Gasteiger partial charge in [-0.05, 0) is 69.4 Å². The Morgan fingerprint density at radius 3 is 2.65 bits per heavy atom. The minimum Gasteiger partial charge on any atom is -0.321 e. The van der Waals surface area contributed by atoms with Crippen LogP contribution in [0.5, 0.6) is 0 Å². The van der Waals surface area contributed by atoms with Crippen LogP contribution in [0.3, 0.4) is 0 Å². The van der Waals surface area contributed by atoms with Gasteiger partial charge in [-0.2, -0.15) is 0 Å². The zero-order valence-corrected chi connectivity index (χ0v) is 14.2. The van der Waals surface area contributed by atoms with Crippen LogP contribution in [0.15, 0.2) is 29.6 Å². The van der Waals surface area contributed by atoms with E-state index in [-0.39, 0.29) is 5.91 Å². The molecule has 0 spiro atoms. The summed E-state index contributed by atoms with van der Waals surface area (Å²) >= 11 is 12.0. The quantitative estimate of drug-likeness (QED) is 0.600. The van der Waals surface area contributed by atoms with Crippen molar-refractivity contribution < 1.29 is 4.79 Å². The Bertz CT molecular complexity index is 570. The summed E-state index contributed by atoms with van der Waals surface area (Å²) in [5.41, 5.74) is 1.30. The Labute approximate surface area is 135 Å². The Morgan fingerprint density at radius 1 is 1.29 bits per heavy atom. The summed E-state index contributed by atoms with van der Waals surface area (Å²) in [5.74, 6) is -0.132. The van der Waals surface area contributed by atoms with E-state index in [9.17, 15) is 4.79 Å². The third-order valence-electron chi connectivity index (χ3n) is 2.01. The molecule has 1 heterocycles. The number of anilines is 1. The number of carbonyl (C=O) groups is 1. The highest BCUT2D eigenvalue weighted by atomic mass is 127. The van der Waals surface area contributed by atoms with Gasteiger partial charge in [-0.25, -0.2) is 0 Å². The van der Waals surface area contributed by atoms with E-state index in [0.29, 0.717) is 16.3 Å². The van der Waals surface area contributed by atoms with E-state index in [1.165, 1.54) is 0 Å². The fourth-order valence-corrected chi connectivity index (χ4v) is 3.44. The number of hydrogen-bond donors (Lipinski definition) is 1. The SMILES string of the molecule is O=C(Nc1ccc(I)cc1Cl)c1csc(I)c1. The minimum absolute atomic E-state index is 0.132. The summed E-state index contributed by atoms with van der Waals surface area (Å²) < 4.78 is 2.12. The van der Waals surface area contributed by atoms with Gasteiger partial charge in [-0.1, -0.05) is 11.6 Å². The lowest BCUT2D eigenvalue weighted by Crippen LogP contribution is -2.11. The molecular formula is C11H6ClI2NOS.